The quantitative estimate of drug-likeness (QED) is 0.691. The smallest absolute Gasteiger partial charge is 0.326 e. The average molecular weight is 287 g/mol. The minimum atomic E-state index is -1.11. The van der Waals surface area contributed by atoms with E-state index < -0.39 is 29.5 Å². The molecule has 7 nitrogen and oxygen atoms in total. The van der Waals surface area contributed by atoms with Gasteiger partial charge in [0.15, 0.2) is 0 Å². The van der Waals surface area contributed by atoms with Crippen LogP contribution in [0, 0.1) is 5.41 Å². The number of carboxylic acid groups (broad SMARTS) is 1. The van der Waals surface area contributed by atoms with Crippen molar-refractivity contribution in [3.8, 4) is 0 Å². The van der Waals surface area contributed by atoms with Crippen LogP contribution in [0.4, 0.5) is 4.79 Å². The molecule has 0 saturated carbocycles. The van der Waals surface area contributed by atoms with E-state index in [0.717, 1.165) is 0 Å². The summed E-state index contributed by atoms with van der Waals surface area (Å²) < 4.78 is 0. The Morgan fingerprint density at radius 3 is 2.05 bits per heavy atom. The van der Waals surface area contributed by atoms with Crippen molar-refractivity contribution >= 4 is 17.9 Å². The molecule has 0 aromatic carbocycles. The highest BCUT2D eigenvalue weighted by molar-refractivity contribution is 5.88. The molecule has 3 amide bonds. The van der Waals surface area contributed by atoms with Crippen LogP contribution in [0.15, 0.2) is 0 Å². The van der Waals surface area contributed by atoms with Crippen LogP contribution >= 0.6 is 0 Å². The van der Waals surface area contributed by atoms with Crippen LogP contribution in [-0.4, -0.2) is 53.6 Å². The molecule has 20 heavy (non-hydrogen) atoms. The summed E-state index contributed by atoms with van der Waals surface area (Å²) >= 11 is 0. The van der Waals surface area contributed by atoms with E-state index in [-0.39, 0.29) is 5.91 Å². The van der Waals surface area contributed by atoms with Gasteiger partial charge in [0.25, 0.3) is 0 Å². The normalized spacial score (nSPS) is 14.1. The van der Waals surface area contributed by atoms with Crippen LogP contribution in [0.2, 0.25) is 0 Å². The third-order valence-corrected chi connectivity index (χ3v) is 2.96. The van der Waals surface area contributed by atoms with Crippen LogP contribution < -0.4 is 10.6 Å². The molecule has 1 unspecified atom stereocenters. The van der Waals surface area contributed by atoms with Crippen molar-refractivity contribution in [2.24, 2.45) is 5.41 Å². The summed E-state index contributed by atoms with van der Waals surface area (Å²) in [4.78, 5) is 36.2. The number of urea groups is 1. The monoisotopic (exact) mass is 287 g/mol. The first-order chi connectivity index (χ1) is 9.00. The number of hydrogen-bond acceptors (Lipinski definition) is 3. The lowest BCUT2D eigenvalue weighted by Crippen LogP contribution is -2.55. The molecular weight excluding hydrogens is 262 g/mol. The summed E-state index contributed by atoms with van der Waals surface area (Å²) in [5, 5.41) is 13.9. The lowest BCUT2D eigenvalue weighted by atomic mass is 9.87. The zero-order valence-corrected chi connectivity index (χ0v) is 13.0. The molecule has 2 atom stereocenters. The second kappa shape index (κ2) is 7.12. The molecule has 0 bridgehead atoms. The number of nitrogens with zero attached hydrogens (tertiary/aromatic N) is 1. The van der Waals surface area contributed by atoms with E-state index in [0.29, 0.717) is 6.54 Å². The molecule has 0 aromatic rings. The van der Waals surface area contributed by atoms with E-state index in [1.807, 2.05) is 6.92 Å². The third-order valence-electron chi connectivity index (χ3n) is 2.96. The Bertz CT molecular complexity index is 376. The van der Waals surface area contributed by atoms with E-state index >= 15 is 0 Å². The van der Waals surface area contributed by atoms with Gasteiger partial charge in [-0.3, -0.25) is 4.79 Å². The zero-order valence-electron chi connectivity index (χ0n) is 13.0. The first-order valence-corrected chi connectivity index (χ1v) is 6.55. The van der Waals surface area contributed by atoms with E-state index in [1.165, 1.54) is 4.90 Å². The fraction of sp³-hybridized carbons (Fsp3) is 0.769. The summed E-state index contributed by atoms with van der Waals surface area (Å²) in [6, 6.07) is -2.42. The third kappa shape index (κ3) is 5.46. The molecule has 3 N–H and O–H groups in total. The van der Waals surface area contributed by atoms with Gasteiger partial charge in [-0.05, 0) is 19.3 Å². The Morgan fingerprint density at radius 1 is 1.20 bits per heavy atom. The predicted molar refractivity (Wildman–Crippen MR) is 75.3 cm³/mol. The number of likely N-dealkylation sites (N-methyl/N-ethyl adjacent to an activating group) is 1. The zero-order chi connectivity index (χ0) is 16.1. The Morgan fingerprint density at radius 2 is 1.70 bits per heavy atom. The largest absolute Gasteiger partial charge is 0.480 e. The molecule has 0 rings (SSSR count). The number of carbonyl (C=O) groups is 3. The van der Waals surface area contributed by atoms with Crippen molar-refractivity contribution in [1.82, 2.24) is 15.5 Å². The van der Waals surface area contributed by atoms with Crippen LogP contribution in [0.5, 0.6) is 0 Å². The molecule has 0 spiro atoms. The molecule has 0 radical (unpaired) electrons. The van der Waals surface area contributed by atoms with E-state index in [2.05, 4.69) is 10.6 Å². The molecule has 0 saturated heterocycles. The number of amides is 3. The molecule has 0 aliphatic heterocycles. The Balaban J connectivity index is 4.63. The number of hydrogen-bond donors (Lipinski definition) is 3. The predicted octanol–water partition coefficient (Wildman–Crippen LogP) is 0.652. The lowest BCUT2D eigenvalue weighted by Gasteiger charge is -2.28. The number of rotatable bonds is 5. The van der Waals surface area contributed by atoms with Crippen LogP contribution in [0.1, 0.15) is 34.6 Å². The van der Waals surface area contributed by atoms with Gasteiger partial charge in [-0.15, -0.1) is 0 Å². The second-order valence-corrected chi connectivity index (χ2v) is 5.83. The van der Waals surface area contributed by atoms with Crippen LogP contribution in [0.25, 0.3) is 0 Å². The van der Waals surface area contributed by atoms with Gasteiger partial charge < -0.3 is 20.6 Å². The first-order valence-electron chi connectivity index (χ1n) is 6.55. The van der Waals surface area contributed by atoms with Crippen molar-refractivity contribution in [1.29, 1.82) is 0 Å². The van der Waals surface area contributed by atoms with Gasteiger partial charge in [0.1, 0.15) is 12.1 Å². The van der Waals surface area contributed by atoms with Crippen molar-refractivity contribution in [3.63, 3.8) is 0 Å². The summed E-state index contributed by atoms with van der Waals surface area (Å²) in [6.07, 6.45) is 0. The maximum Gasteiger partial charge on any atom is 0.326 e. The highest BCUT2D eigenvalue weighted by atomic mass is 16.4. The van der Waals surface area contributed by atoms with Gasteiger partial charge in [-0.25, -0.2) is 9.59 Å². The highest BCUT2D eigenvalue weighted by Gasteiger charge is 2.33. The summed E-state index contributed by atoms with van der Waals surface area (Å²) in [7, 11) is 1.63. The van der Waals surface area contributed by atoms with Gasteiger partial charge in [0.2, 0.25) is 5.91 Å². The Kier molecular flexibility index (Phi) is 6.48. The minimum absolute atomic E-state index is 0.231. The average Bonchev–Trinajstić information content (AvgIpc) is 2.32. The van der Waals surface area contributed by atoms with Gasteiger partial charge in [0.05, 0.1) is 0 Å². The van der Waals surface area contributed by atoms with E-state index in [4.69, 9.17) is 5.11 Å². The fourth-order valence-corrected chi connectivity index (χ4v) is 1.57. The number of carbonyl (C=O) groups excluding carboxylic acids is 2. The molecule has 0 aliphatic rings. The highest BCUT2D eigenvalue weighted by Crippen LogP contribution is 2.19. The fourth-order valence-electron chi connectivity index (χ4n) is 1.57. The van der Waals surface area contributed by atoms with E-state index in [1.54, 1.807) is 34.7 Å². The van der Waals surface area contributed by atoms with Crippen LogP contribution in [-0.2, 0) is 9.59 Å². The summed E-state index contributed by atoms with van der Waals surface area (Å²) in [5.74, 6) is -1.34. The molecular formula is C13H25N3O4. The Labute approximate surface area is 119 Å². The van der Waals surface area contributed by atoms with Crippen LogP contribution in [0.3, 0.4) is 0 Å². The van der Waals surface area contributed by atoms with E-state index in [9.17, 15) is 14.4 Å². The number of aliphatic carboxylic acids is 1. The molecule has 0 aromatic heterocycles. The minimum Gasteiger partial charge on any atom is -0.480 e. The molecule has 0 fully saturated rings. The second-order valence-electron chi connectivity index (χ2n) is 5.83. The topological polar surface area (TPSA) is 98.7 Å². The van der Waals surface area contributed by atoms with Crippen molar-refractivity contribution in [2.45, 2.75) is 46.7 Å². The maximum absolute atomic E-state index is 11.8. The molecule has 0 aliphatic carbocycles. The van der Waals surface area contributed by atoms with Gasteiger partial charge in [0, 0.05) is 13.6 Å². The lowest BCUT2D eigenvalue weighted by molar-refractivity contribution is -0.141. The van der Waals surface area contributed by atoms with Gasteiger partial charge >= 0.3 is 12.0 Å². The van der Waals surface area contributed by atoms with Crippen molar-refractivity contribution in [3.05, 3.63) is 0 Å². The summed E-state index contributed by atoms with van der Waals surface area (Å²) in [6.45, 7) is 9.06. The maximum atomic E-state index is 11.8. The SMILES string of the molecule is CCN(C)C(=O)C(C)NC(=O)N[C@H](C(=O)O)C(C)(C)C. The summed E-state index contributed by atoms with van der Waals surface area (Å²) in [5.41, 5.74) is -0.628. The first kappa shape index (κ1) is 18.2. The standard InChI is InChI=1S/C13H25N3O4/c1-7-16(6)10(17)8(2)14-12(20)15-9(11(18)19)13(3,4)5/h8-9H,7H2,1-6H3,(H,18,19)(H2,14,15,20)/t8?,9-/m1/s1. The molecule has 7 heteroatoms. The Hall–Kier alpha value is -1.79. The number of carboxylic acids is 1. The van der Waals surface area contributed by atoms with Crippen molar-refractivity contribution in [2.75, 3.05) is 13.6 Å². The molecule has 116 valence electrons. The van der Waals surface area contributed by atoms with Gasteiger partial charge in [-0.2, -0.15) is 0 Å². The molecule has 0 heterocycles. The van der Waals surface area contributed by atoms with Gasteiger partial charge in [-0.1, -0.05) is 20.8 Å². The number of nitrogens with one attached hydrogen (secondary N) is 2. The van der Waals surface area contributed by atoms with Crippen molar-refractivity contribution < 1.29 is 19.5 Å².